The fraction of sp³-hybridized carbons (Fsp3) is 0.0625. The molecule has 126 valence electrons. The van der Waals surface area contributed by atoms with Gasteiger partial charge in [-0.1, -0.05) is 35.3 Å². The Labute approximate surface area is 150 Å². The highest BCUT2D eigenvalue weighted by Gasteiger charge is 2.15. The van der Waals surface area contributed by atoms with Crippen molar-refractivity contribution in [1.82, 2.24) is 4.72 Å². The highest BCUT2D eigenvalue weighted by molar-refractivity contribution is 7.89. The van der Waals surface area contributed by atoms with Crippen molar-refractivity contribution in [2.45, 2.75) is 4.90 Å². The fourth-order valence-corrected chi connectivity index (χ4v) is 3.18. The molecule has 0 heterocycles. The molecule has 2 aromatic rings. The molecule has 0 aliphatic carbocycles. The number of benzene rings is 2. The van der Waals surface area contributed by atoms with E-state index in [1.165, 1.54) is 36.4 Å². The van der Waals surface area contributed by atoms with E-state index in [0.717, 1.165) is 0 Å². The van der Waals surface area contributed by atoms with Crippen LogP contribution in [-0.4, -0.2) is 20.9 Å². The van der Waals surface area contributed by atoms with Crippen LogP contribution < -0.4 is 10.0 Å². The lowest BCUT2D eigenvalue weighted by atomic mass is 10.2. The van der Waals surface area contributed by atoms with Crippen LogP contribution in [-0.2, 0) is 10.0 Å². The predicted octanol–water partition coefficient (Wildman–Crippen LogP) is 3.71. The molecule has 0 saturated carbocycles. The normalized spacial score (nSPS) is 11.1. The highest BCUT2D eigenvalue weighted by atomic mass is 35.5. The third-order valence-corrected chi connectivity index (χ3v) is 5.16. The van der Waals surface area contributed by atoms with Crippen molar-refractivity contribution in [3.05, 3.63) is 70.7 Å². The molecule has 2 rings (SSSR count). The topological polar surface area (TPSA) is 75.3 Å². The first-order chi connectivity index (χ1) is 11.3. The monoisotopic (exact) mass is 384 g/mol. The van der Waals surface area contributed by atoms with Crippen molar-refractivity contribution in [3.8, 4) is 0 Å². The summed E-state index contributed by atoms with van der Waals surface area (Å²) in [5.41, 5.74) is 0.648. The third kappa shape index (κ3) is 4.58. The van der Waals surface area contributed by atoms with Gasteiger partial charge >= 0.3 is 0 Å². The Hall–Kier alpha value is -1.86. The van der Waals surface area contributed by atoms with Crippen LogP contribution in [0.3, 0.4) is 0 Å². The summed E-state index contributed by atoms with van der Waals surface area (Å²) in [7, 11) is -3.70. The van der Waals surface area contributed by atoms with Crippen molar-refractivity contribution < 1.29 is 13.2 Å². The summed E-state index contributed by atoms with van der Waals surface area (Å²) in [5, 5.41) is 3.31. The Morgan fingerprint density at radius 1 is 1.12 bits per heavy atom. The standard InChI is InChI=1S/C16H14Cl2N2O3S/c1-2-8-19-24(22,23)13-5-3-4-11(9-13)16(21)20-12-6-7-14(17)15(18)10-12/h2-7,9-10,19H,1,8H2,(H,20,21). The van der Waals surface area contributed by atoms with Gasteiger partial charge in [-0.15, -0.1) is 6.58 Å². The molecular formula is C16H14Cl2N2O3S. The lowest BCUT2D eigenvalue weighted by Crippen LogP contribution is -2.24. The molecule has 2 aromatic carbocycles. The minimum absolute atomic E-state index is 0.00821. The van der Waals surface area contributed by atoms with E-state index < -0.39 is 15.9 Å². The van der Waals surface area contributed by atoms with E-state index in [0.29, 0.717) is 15.7 Å². The Morgan fingerprint density at radius 3 is 2.54 bits per heavy atom. The molecule has 0 spiro atoms. The third-order valence-electron chi connectivity index (χ3n) is 3.00. The SMILES string of the molecule is C=CCNS(=O)(=O)c1cccc(C(=O)Nc2ccc(Cl)c(Cl)c2)c1. The largest absolute Gasteiger partial charge is 0.322 e. The Morgan fingerprint density at radius 2 is 1.88 bits per heavy atom. The number of halogens is 2. The van der Waals surface area contributed by atoms with Crippen LogP contribution in [0.15, 0.2) is 60.0 Å². The number of hydrogen-bond donors (Lipinski definition) is 2. The number of hydrogen-bond acceptors (Lipinski definition) is 3. The lowest BCUT2D eigenvalue weighted by Gasteiger charge is -2.09. The number of nitrogens with one attached hydrogen (secondary N) is 2. The van der Waals surface area contributed by atoms with Gasteiger partial charge in [0.1, 0.15) is 0 Å². The number of amides is 1. The van der Waals surface area contributed by atoms with E-state index in [2.05, 4.69) is 16.6 Å². The summed E-state index contributed by atoms with van der Waals surface area (Å²) in [5.74, 6) is -0.464. The smallest absolute Gasteiger partial charge is 0.255 e. The fourth-order valence-electron chi connectivity index (χ4n) is 1.83. The van der Waals surface area contributed by atoms with E-state index in [1.54, 1.807) is 12.1 Å². The average Bonchev–Trinajstić information content (AvgIpc) is 2.56. The molecule has 0 saturated heterocycles. The second-order valence-electron chi connectivity index (χ2n) is 4.75. The summed E-state index contributed by atoms with van der Waals surface area (Å²) in [6.07, 6.45) is 1.43. The second kappa shape index (κ2) is 7.81. The van der Waals surface area contributed by atoms with Crippen molar-refractivity contribution in [2.24, 2.45) is 0 Å². The molecule has 0 radical (unpaired) electrons. The first-order valence-corrected chi connectivity index (χ1v) is 9.04. The lowest BCUT2D eigenvalue weighted by molar-refractivity contribution is 0.102. The quantitative estimate of drug-likeness (QED) is 0.745. The number of anilines is 1. The number of rotatable bonds is 6. The van der Waals surface area contributed by atoms with Gasteiger partial charge in [0.05, 0.1) is 14.9 Å². The van der Waals surface area contributed by atoms with Crippen LogP contribution in [0, 0.1) is 0 Å². The molecular weight excluding hydrogens is 371 g/mol. The zero-order chi connectivity index (χ0) is 17.7. The van der Waals surface area contributed by atoms with E-state index in [1.807, 2.05) is 0 Å². The first-order valence-electron chi connectivity index (χ1n) is 6.80. The van der Waals surface area contributed by atoms with Gasteiger partial charge in [-0.2, -0.15) is 0 Å². The van der Waals surface area contributed by atoms with Crippen molar-refractivity contribution in [3.63, 3.8) is 0 Å². The van der Waals surface area contributed by atoms with Crippen LogP contribution in [0.1, 0.15) is 10.4 Å². The zero-order valence-electron chi connectivity index (χ0n) is 12.4. The van der Waals surface area contributed by atoms with E-state index in [-0.39, 0.29) is 17.0 Å². The van der Waals surface area contributed by atoms with E-state index in [9.17, 15) is 13.2 Å². The molecule has 8 heteroatoms. The molecule has 5 nitrogen and oxygen atoms in total. The molecule has 0 fully saturated rings. The van der Waals surface area contributed by atoms with Crippen LogP contribution in [0.2, 0.25) is 10.0 Å². The molecule has 1 amide bonds. The maximum absolute atomic E-state index is 12.3. The summed E-state index contributed by atoms with van der Waals surface area (Å²) in [4.78, 5) is 12.3. The van der Waals surface area contributed by atoms with Gasteiger partial charge in [-0.25, -0.2) is 13.1 Å². The summed E-state index contributed by atoms with van der Waals surface area (Å²) < 4.78 is 26.5. The Balaban J connectivity index is 2.22. The van der Waals surface area contributed by atoms with Crippen molar-refractivity contribution in [2.75, 3.05) is 11.9 Å². The molecule has 0 unspecified atom stereocenters. The van der Waals surface area contributed by atoms with Gasteiger partial charge < -0.3 is 5.32 Å². The number of sulfonamides is 1. The summed E-state index contributed by atoms with van der Waals surface area (Å²) >= 11 is 11.7. The molecule has 0 bridgehead atoms. The van der Waals surface area contributed by atoms with Crippen LogP contribution in [0.4, 0.5) is 5.69 Å². The number of carbonyl (C=O) groups is 1. The number of carbonyl (C=O) groups excluding carboxylic acids is 1. The zero-order valence-corrected chi connectivity index (χ0v) is 14.8. The minimum atomic E-state index is -3.70. The molecule has 0 aliphatic rings. The van der Waals surface area contributed by atoms with Crippen molar-refractivity contribution >= 4 is 44.8 Å². The van der Waals surface area contributed by atoms with Gasteiger partial charge in [0.25, 0.3) is 5.91 Å². The molecule has 0 aliphatic heterocycles. The van der Waals surface area contributed by atoms with Gasteiger partial charge in [-0.05, 0) is 36.4 Å². The van der Waals surface area contributed by atoms with Crippen LogP contribution >= 0.6 is 23.2 Å². The molecule has 2 N–H and O–H groups in total. The van der Waals surface area contributed by atoms with E-state index >= 15 is 0 Å². The molecule has 24 heavy (non-hydrogen) atoms. The summed E-state index contributed by atoms with van der Waals surface area (Å²) in [6.45, 7) is 3.55. The summed E-state index contributed by atoms with van der Waals surface area (Å²) in [6, 6.07) is 10.4. The maximum Gasteiger partial charge on any atom is 0.255 e. The van der Waals surface area contributed by atoms with Gasteiger partial charge in [0.15, 0.2) is 0 Å². The van der Waals surface area contributed by atoms with Crippen molar-refractivity contribution in [1.29, 1.82) is 0 Å². The molecule has 0 atom stereocenters. The maximum atomic E-state index is 12.3. The van der Waals surface area contributed by atoms with Gasteiger partial charge in [0.2, 0.25) is 10.0 Å². The van der Waals surface area contributed by atoms with Crippen LogP contribution in [0.25, 0.3) is 0 Å². The Bertz CT molecular complexity index is 883. The highest BCUT2D eigenvalue weighted by Crippen LogP contribution is 2.25. The van der Waals surface area contributed by atoms with Crippen LogP contribution in [0.5, 0.6) is 0 Å². The predicted molar refractivity (Wildman–Crippen MR) is 96.2 cm³/mol. The first kappa shape index (κ1) is 18.5. The minimum Gasteiger partial charge on any atom is -0.322 e. The van der Waals surface area contributed by atoms with E-state index in [4.69, 9.17) is 23.2 Å². The molecule has 0 aromatic heterocycles. The average molecular weight is 385 g/mol. The Kier molecular flexibility index (Phi) is 6.01. The van der Waals surface area contributed by atoms with Gasteiger partial charge in [0, 0.05) is 17.8 Å². The van der Waals surface area contributed by atoms with Gasteiger partial charge in [-0.3, -0.25) is 4.79 Å². The second-order valence-corrected chi connectivity index (χ2v) is 7.33.